The van der Waals surface area contributed by atoms with Gasteiger partial charge in [-0.1, -0.05) is 25.0 Å². The number of carbonyl (C=O) groups is 1. The van der Waals surface area contributed by atoms with Crippen molar-refractivity contribution in [3.63, 3.8) is 0 Å². The van der Waals surface area contributed by atoms with Gasteiger partial charge in [-0.25, -0.2) is 0 Å². The van der Waals surface area contributed by atoms with Gasteiger partial charge in [-0.2, -0.15) is 0 Å². The molecule has 0 unspecified atom stereocenters. The van der Waals surface area contributed by atoms with Gasteiger partial charge in [0.15, 0.2) is 0 Å². The highest BCUT2D eigenvalue weighted by atomic mass is 16.2. The van der Waals surface area contributed by atoms with E-state index >= 15 is 0 Å². The molecular weight excluding hydrogens is 298 g/mol. The van der Waals surface area contributed by atoms with Gasteiger partial charge >= 0.3 is 0 Å². The maximum Gasteiger partial charge on any atom is 0.237 e. The van der Waals surface area contributed by atoms with Crippen molar-refractivity contribution < 1.29 is 4.79 Å². The minimum Gasteiger partial charge on any atom is -0.371 e. The van der Waals surface area contributed by atoms with E-state index < -0.39 is 0 Å². The molecule has 2 saturated heterocycles. The van der Waals surface area contributed by atoms with Crippen LogP contribution in [0.3, 0.4) is 0 Å². The molecule has 4 heteroatoms. The number of nitrogens with one attached hydrogen (secondary N) is 1. The second kappa shape index (κ2) is 8.02. The van der Waals surface area contributed by atoms with Gasteiger partial charge in [0, 0.05) is 24.8 Å². The Bertz CT molecular complexity index is 552. The highest BCUT2D eigenvalue weighted by molar-refractivity contribution is 5.82. The van der Waals surface area contributed by atoms with Gasteiger partial charge in [-0.15, -0.1) is 0 Å². The Morgan fingerprint density at radius 2 is 1.88 bits per heavy atom. The molecule has 0 aromatic heterocycles. The van der Waals surface area contributed by atoms with E-state index in [0.29, 0.717) is 6.04 Å². The standard InChI is InChI=1S/C20H31N3O/c1-16-7-6-8-18(15-16)23-13-10-17(11-14-23)21-20(24)19-9-4-3-5-12-22(19)2/h6-8,15,17,19H,3-5,9-14H2,1-2H3,(H,21,24)/t19-/m1/s1. The van der Waals surface area contributed by atoms with Crippen LogP contribution in [0.5, 0.6) is 0 Å². The Hall–Kier alpha value is -1.55. The van der Waals surface area contributed by atoms with Crippen LogP contribution in [0, 0.1) is 6.92 Å². The van der Waals surface area contributed by atoms with E-state index in [1.165, 1.54) is 30.5 Å². The van der Waals surface area contributed by atoms with Crippen LogP contribution in [0.2, 0.25) is 0 Å². The minimum atomic E-state index is 0.0716. The number of piperidine rings is 1. The van der Waals surface area contributed by atoms with Gasteiger partial charge in [-0.05, 0) is 63.9 Å². The van der Waals surface area contributed by atoms with Crippen molar-refractivity contribution in [1.82, 2.24) is 10.2 Å². The lowest BCUT2D eigenvalue weighted by molar-refractivity contribution is -0.126. The third-order valence-electron chi connectivity index (χ3n) is 5.53. The molecule has 1 amide bonds. The van der Waals surface area contributed by atoms with Crippen LogP contribution in [0.25, 0.3) is 0 Å². The van der Waals surface area contributed by atoms with Crippen molar-refractivity contribution >= 4 is 11.6 Å². The van der Waals surface area contributed by atoms with Crippen molar-refractivity contribution in [2.24, 2.45) is 0 Å². The van der Waals surface area contributed by atoms with Crippen molar-refractivity contribution in [2.75, 3.05) is 31.6 Å². The molecule has 1 atom stereocenters. The molecule has 4 nitrogen and oxygen atoms in total. The molecule has 132 valence electrons. The fraction of sp³-hybridized carbons (Fsp3) is 0.650. The molecule has 24 heavy (non-hydrogen) atoms. The van der Waals surface area contributed by atoms with Crippen LogP contribution in [0.4, 0.5) is 5.69 Å². The molecular formula is C20H31N3O. The molecule has 1 N–H and O–H groups in total. The summed E-state index contributed by atoms with van der Waals surface area (Å²) in [5.74, 6) is 0.244. The summed E-state index contributed by atoms with van der Waals surface area (Å²) in [5, 5.41) is 3.32. The summed E-state index contributed by atoms with van der Waals surface area (Å²) in [7, 11) is 2.09. The first-order chi connectivity index (χ1) is 11.6. The lowest BCUT2D eigenvalue weighted by atomic mass is 10.0. The summed E-state index contributed by atoms with van der Waals surface area (Å²) >= 11 is 0. The van der Waals surface area contributed by atoms with Crippen LogP contribution in [-0.4, -0.2) is 49.6 Å². The van der Waals surface area contributed by atoms with Crippen LogP contribution in [-0.2, 0) is 4.79 Å². The lowest BCUT2D eigenvalue weighted by Gasteiger charge is -2.35. The summed E-state index contributed by atoms with van der Waals surface area (Å²) in [6.07, 6.45) is 6.73. The van der Waals surface area contributed by atoms with E-state index in [1.54, 1.807) is 0 Å². The van der Waals surface area contributed by atoms with E-state index in [-0.39, 0.29) is 11.9 Å². The van der Waals surface area contributed by atoms with E-state index in [4.69, 9.17) is 0 Å². The molecule has 2 aliphatic heterocycles. The third kappa shape index (κ3) is 4.29. The molecule has 0 bridgehead atoms. The first-order valence-corrected chi connectivity index (χ1v) is 9.46. The Labute approximate surface area is 146 Å². The van der Waals surface area contributed by atoms with Gasteiger partial charge in [-0.3, -0.25) is 9.69 Å². The number of amides is 1. The van der Waals surface area contributed by atoms with Crippen molar-refractivity contribution in [2.45, 2.75) is 57.5 Å². The average molecular weight is 329 g/mol. The fourth-order valence-electron chi connectivity index (χ4n) is 3.99. The first-order valence-electron chi connectivity index (χ1n) is 9.46. The van der Waals surface area contributed by atoms with E-state index in [1.807, 2.05) is 0 Å². The summed E-state index contributed by atoms with van der Waals surface area (Å²) in [6, 6.07) is 9.10. The molecule has 0 radical (unpaired) electrons. The Morgan fingerprint density at radius 3 is 2.62 bits per heavy atom. The number of carbonyl (C=O) groups excluding carboxylic acids is 1. The van der Waals surface area contributed by atoms with E-state index in [0.717, 1.165) is 38.9 Å². The SMILES string of the molecule is Cc1cccc(N2CCC(NC(=O)[C@H]3CCCCCN3C)CC2)c1. The summed E-state index contributed by atoms with van der Waals surface area (Å²) in [5.41, 5.74) is 2.61. The van der Waals surface area contributed by atoms with Crippen molar-refractivity contribution in [1.29, 1.82) is 0 Å². The topological polar surface area (TPSA) is 35.6 Å². The molecule has 0 aliphatic carbocycles. The van der Waals surface area contributed by atoms with Crippen LogP contribution in [0.15, 0.2) is 24.3 Å². The number of hydrogen-bond acceptors (Lipinski definition) is 3. The van der Waals surface area contributed by atoms with Gasteiger partial charge in [0.25, 0.3) is 0 Å². The zero-order chi connectivity index (χ0) is 16.9. The molecule has 3 rings (SSSR count). The Morgan fingerprint density at radius 1 is 1.08 bits per heavy atom. The molecule has 0 saturated carbocycles. The fourth-order valence-corrected chi connectivity index (χ4v) is 3.99. The summed E-state index contributed by atoms with van der Waals surface area (Å²) < 4.78 is 0. The summed E-state index contributed by atoms with van der Waals surface area (Å²) in [4.78, 5) is 17.3. The van der Waals surface area contributed by atoms with Crippen LogP contribution >= 0.6 is 0 Å². The minimum absolute atomic E-state index is 0.0716. The highest BCUT2D eigenvalue weighted by Crippen LogP contribution is 2.22. The molecule has 2 fully saturated rings. The van der Waals surface area contributed by atoms with Crippen molar-refractivity contribution in [3.8, 4) is 0 Å². The molecule has 1 aromatic carbocycles. The first kappa shape index (κ1) is 17.3. The largest absolute Gasteiger partial charge is 0.371 e. The number of likely N-dealkylation sites (N-methyl/N-ethyl adjacent to an activating group) is 1. The molecule has 0 spiro atoms. The molecule has 1 aromatic rings. The number of nitrogens with zero attached hydrogens (tertiary/aromatic N) is 2. The third-order valence-corrected chi connectivity index (χ3v) is 5.53. The van der Waals surface area contributed by atoms with Crippen LogP contribution in [0.1, 0.15) is 44.1 Å². The highest BCUT2D eigenvalue weighted by Gasteiger charge is 2.28. The summed E-state index contributed by atoms with van der Waals surface area (Å²) in [6.45, 7) is 5.23. The maximum absolute atomic E-state index is 12.7. The van der Waals surface area contributed by atoms with Gasteiger partial charge in [0.2, 0.25) is 5.91 Å². The zero-order valence-electron chi connectivity index (χ0n) is 15.1. The Kier molecular flexibility index (Phi) is 5.77. The number of rotatable bonds is 3. The van der Waals surface area contributed by atoms with Gasteiger partial charge in [0.05, 0.1) is 6.04 Å². The monoisotopic (exact) mass is 329 g/mol. The van der Waals surface area contributed by atoms with Gasteiger partial charge < -0.3 is 10.2 Å². The van der Waals surface area contributed by atoms with Crippen molar-refractivity contribution in [3.05, 3.63) is 29.8 Å². The van der Waals surface area contributed by atoms with Gasteiger partial charge in [0.1, 0.15) is 0 Å². The maximum atomic E-state index is 12.7. The Balaban J connectivity index is 1.50. The predicted molar refractivity (Wildman–Crippen MR) is 99.4 cm³/mol. The number of benzene rings is 1. The molecule has 2 heterocycles. The second-order valence-corrected chi connectivity index (χ2v) is 7.45. The van der Waals surface area contributed by atoms with E-state index in [2.05, 4.69) is 53.4 Å². The number of anilines is 1. The average Bonchev–Trinajstić information content (AvgIpc) is 2.80. The predicted octanol–water partition coefficient (Wildman–Crippen LogP) is 2.95. The smallest absolute Gasteiger partial charge is 0.237 e. The lowest BCUT2D eigenvalue weighted by Crippen LogP contribution is -2.51. The second-order valence-electron chi connectivity index (χ2n) is 7.45. The molecule has 2 aliphatic rings. The quantitative estimate of drug-likeness (QED) is 0.926. The van der Waals surface area contributed by atoms with Crippen LogP contribution < -0.4 is 10.2 Å². The normalized spacial score (nSPS) is 23.8. The van der Waals surface area contributed by atoms with E-state index in [9.17, 15) is 4.79 Å². The zero-order valence-corrected chi connectivity index (χ0v) is 15.1. The number of hydrogen-bond donors (Lipinski definition) is 1. The number of aryl methyl sites for hydroxylation is 1. The number of likely N-dealkylation sites (tertiary alicyclic amines) is 1.